The van der Waals surface area contributed by atoms with Crippen molar-refractivity contribution in [3.8, 4) is 11.5 Å². The smallest absolute Gasteiger partial charge is 0.311 e. The molecule has 0 aromatic heterocycles. The molecule has 22 heavy (non-hydrogen) atoms. The van der Waals surface area contributed by atoms with E-state index >= 15 is 0 Å². The van der Waals surface area contributed by atoms with Gasteiger partial charge < -0.3 is 9.47 Å². The van der Waals surface area contributed by atoms with E-state index in [2.05, 4.69) is 10.2 Å². The number of nitrogens with zero attached hydrogens (tertiary/aromatic N) is 2. The van der Waals surface area contributed by atoms with Crippen molar-refractivity contribution in [2.75, 3.05) is 0 Å². The van der Waals surface area contributed by atoms with Gasteiger partial charge in [-0.25, -0.2) is 0 Å². The Morgan fingerprint density at radius 1 is 0.682 bits per heavy atom. The average molecular weight is 337 g/mol. The normalized spacial score (nSPS) is 12.2. The molecule has 4 nitrogen and oxygen atoms in total. The van der Waals surface area contributed by atoms with Crippen LogP contribution in [0.4, 0.5) is 0 Å². The van der Waals surface area contributed by atoms with Crippen molar-refractivity contribution in [2.45, 2.75) is 13.8 Å². The monoisotopic (exact) mass is 336 g/mol. The topological polar surface area (TPSA) is 43.2 Å². The molecule has 6 heteroatoms. The van der Waals surface area contributed by atoms with Crippen LogP contribution in [0.5, 0.6) is 11.5 Å². The van der Waals surface area contributed by atoms with Crippen LogP contribution in [0.15, 0.2) is 58.7 Å². The summed E-state index contributed by atoms with van der Waals surface area (Å²) in [7, 11) is 0. The van der Waals surface area contributed by atoms with Crippen LogP contribution in [-0.2, 0) is 0 Å². The third kappa shape index (κ3) is 5.39. The quantitative estimate of drug-likeness (QED) is 0.456. The number of ether oxygens (including phenoxy) is 2. The maximum Gasteiger partial charge on any atom is 0.311 e. The standard InChI is InChI=1S/C16H14Cl2N2O2/c1-11-3-7-13(8-4-11)21-15(17)19-20-16(18)22-14-9-5-12(2)6-10-14/h3-10H,1-2H3/b19-15-,20-16-. The van der Waals surface area contributed by atoms with Gasteiger partial charge >= 0.3 is 10.7 Å². The second-order valence-electron chi connectivity index (χ2n) is 4.54. The van der Waals surface area contributed by atoms with Crippen molar-refractivity contribution in [3.05, 3.63) is 59.7 Å². The lowest BCUT2D eigenvalue weighted by atomic mass is 10.2. The van der Waals surface area contributed by atoms with E-state index < -0.39 is 0 Å². The molecule has 0 atom stereocenters. The van der Waals surface area contributed by atoms with E-state index in [1.165, 1.54) is 0 Å². The van der Waals surface area contributed by atoms with Gasteiger partial charge in [0.1, 0.15) is 11.5 Å². The molecular formula is C16H14Cl2N2O2. The molecule has 0 radical (unpaired) electrons. The summed E-state index contributed by atoms with van der Waals surface area (Å²) in [5.74, 6) is 1.12. The highest BCUT2D eigenvalue weighted by Crippen LogP contribution is 2.14. The van der Waals surface area contributed by atoms with E-state index in [0.717, 1.165) is 11.1 Å². The van der Waals surface area contributed by atoms with Gasteiger partial charge in [0, 0.05) is 0 Å². The van der Waals surface area contributed by atoms with Crippen molar-refractivity contribution in [1.29, 1.82) is 0 Å². The fraction of sp³-hybridized carbons (Fsp3) is 0.125. The summed E-state index contributed by atoms with van der Waals surface area (Å²) in [4.78, 5) is 0. The summed E-state index contributed by atoms with van der Waals surface area (Å²) in [5.41, 5.74) is 2.24. The van der Waals surface area contributed by atoms with Gasteiger partial charge in [0.25, 0.3) is 0 Å². The van der Waals surface area contributed by atoms with E-state index in [4.69, 9.17) is 32.7 Å². The highest BCUT2D eigenvalue weighted by Gasteiger charge is 2.01. The van der Waals surface area contributed by atoms with E-state index in [1.807, 2.05) is 38.1 Å². The molecule has 0 bridgehead atoms. The highest BCUT2D eigenvalue weighted by molar-refractivity contribution is 6.64. The molecular weight excluding hydrogens is 323 g/mol. The van der Waals surface area contributed by atoms with Crippen molar-refractivity contribution < 1.29 is 9.47 Å². The number of rotatable bonds is 3. The van der Waals surface area contributed by atoms with Crippen LogP contribution in [0.2, 0.25) is 0 Å². The van der Waals surface area contributed by atoms with Crippen molar-refractivity contribution in [3.63, 3.8) is 0 Å². The van der Waals surface area contributed by atoms with Crippen molar-refractivity contribution in [2.24, 2.45) is 10.2 Å². The number of benzene rings is 2. The summed E-state index contributed by atoms with van der Waals surface area (Å²) in [5, 5.41) is 6.98. The van der Waals surface area contributed by atoms with E-state index in [-0.39, 0.29) is 10.7 Å². The summed E-state index contributed by atoms with van der Waals surface area (Å²) >= 11 is 11.7. The van der Waals surface area contributed by atoms with Crippen LogP contribution in [0.3, 0.4) is 0 Å². The predicted octanol–water partition coefficient (Wildman–Crippen LogP) is 4.87. The fourth-order valence-corrected chi connectivity index (χ4v) is 1.78. The molecule has 0 amide bonds. The number of halogens is 2. The fourth-order valence-electron chi connectivity index (χ4n) is 1.53. The summed E-state index contributed by atoms with van der Waals surface area (Å²) in [6.07, 6.45) is 0. The molecule has 2 aromatic carbocycles. The second-order valence-corrected chi connectivity index (χ2v) is 5.18. The van der Waals surface area contributed by atoms with Crippen LogP contribution >= 0.6 is 23.2 Å². The largest absolute Gasteiger partial charge is 0.429 e. The SMILES string of the molecule is Cc1ccc(O/C(Cl)=N\N=C(\Cl)Oc2ccc(C)cc2)cc1. The summed E-state index contributed by atoms with van der Waals surface area (Å²) in [6.45, 7) is 3.96. The van der Waals surface area contributed by atoms with Gasteiger partial charge in [0.2, 0.25) is 0 Å². The van der Waals surface area contributed by atoms with E-state index in [1.54, 1.807) is 24.3 Å². The van der Waals surface area contributed by atoms with Crippen LogP contribution in [0, 0.1) is 13.8 Å². The molecule has 0 saturated carbocycles. The molecule has 0 spiro atoms. The number of hydrogen-bond donors (Lipinski definition) is 0. The maximum absolute atomic E-state index is 5.83. The highest BCUT2D eigenvalue weighted by atomic mass is 35.5. The van der Waals surface area contributed by atoms with Crippen LogP contribution in [0.25, 0.3) is 0 Å². The van der Waals surface area contributed by atoms with Gasteiger partial charge in [-0.2, -0.15) is 0 Å². The Morgan fingerprint density at radius 2 is 1.00 bits per heavy atom. The Labute approximate surface area is 139 Å². The van der Waals surface area contributed by atoms with E-state index in [9.17, 15) is 0 Å². The van der Waals surface area contributed by atoms with Crippen LogP contribution in [0.1, 0.15) is 11.1 Å². The van der Waals surface area contributed by atoms with Gasteiger partial charge in [-0.1, -0.05) is 45.6 Å². The lowest BCUT2D eigenvalue weighted by Gasteiger charge is -2.03. The molecule has 0 aliphatic rings. The molecule has 2 aromatic rings. The Bertz CT molecular complexity index is 619. The van der Waals surface area contributed by atoms with Crippen LogP contribution < -0.4 is 9.47 Å². The van der Waals surface area contributed by atoms with E-state index in [0.29, 0.717) is 11.5 Å². The Balaban J connectivity index is 1.95. The molecule has 0 aliphatic carbocycles. The van der Waals surface area contributed by atoms with Gasteiger partial charge in [0.15, 0.2) is 0 Å². The minimum Gasteiger partial charge on any atom is -0.429 e. The third-order valence-electron chi connectivity index (χ3n) is 2.65. The molecule has 0 aliphatic heterocycles. The zero-order valence-electron chi connectivity index (χ0n) is 12.1. The predicted molar refractivity (Wildman–Crippen MR) is 90.2 cm³/mol. The summed E-state index contributed by atoms with van der Waals surface area (Å²) in [6, 6.07) is 14.7. The summed E-state index contributed by atoms with van der Waals surface area (Å²) < 4.78 is 10.6. The minimum absolute atomic E-state index is 0.158. The average Bonchev–Trinajstić information content (AvgIpc) is 2.50. The lowest BCUT2D eigenvalue weighted by molar-refractivity contribution is 0.551. The second kappa shape index (κ2) is 7.82. The first-order valence-electron chi connectivity index (χ1n) is 6.48. The first-order chi connectivity index (χ1) is 10.5. The first-order valence-corrected chi connectivity index (χ1v) is 7.24. The molecule has 2 rings (SSSR count). The first kappa shape index (κ1) is 16.3. The molecule has 0 fully saturated rings. The Morgan fingerprint density at radius 3 is 1.32 bits per heavy atom. The molecule has 114 valence electrons. The third-order valence-corrected chi connectivity index (χ3v) is 2.96. The van der Waals surface area contributed by atoms with Gasteiger partial charge in [-0.3, -0.25) is 0 Å². The number of aryl methyl sites for hydroxylation is 2. The zero-order chi connectivity index (χ0) is 15.9. The molecule has 0 heterocycles. The Hall–Kier alpha value is -2.04. The van der Waals surface area contributed by atoms with Crippen LogP contribution in [-0.4, -0.2) is 10.7 Å². The number of hydrogen-bond acceptors (Lipinski definition) is 4. The van der Waals surface area contributed by atoms with Gasteiger partial charge in [0.05, 0.1) is 0 Å². The molecule has 0 unspecified atom stereocenters. The van der Waals surface area contributed by atoms with Crippen molar-refractivity contribution in [1.82, 2.24) is 0 Å². The van der Waals surface area contributed by atoms with Gasteiger partial charge in [-0.15, -0.1) is 0 Å². The Kier molecular flexibility index (Phi) is 5.81. The van der Waals surface area contributed by atoms with Gasteiger partial charge in [-0.05, 0) is 61.3 Å². The van der Waals surface area contributed by atoms with Crippen molar-refractivity contribution >= 4 is 33.9 Å². The molecule has 0 N–H and O–H groups in total. The lowest BCUT2D eigenvalue weighted by Crippen LogP contribution is -2.02. The maximum atomic E-state index is 5.83. The minimum atomic E-state index is -0.158. The molecule has 0 saturated heterocycles. The zero-order valence-corrected chi connectivity index (χ0v) is 13.6.